The van der Waals surface area contributed by atoms with Crippen LogP contribution in [0.2, 0.25) is 0 Å². The highest BCUT2D eigenvalue weighted by Crippen LogP contribution is 2.19. The van der Waals surface area contributed by atoms with Crippen LogP contribution in [0.5, 0.6) is 0 Å². The van der Waals surface area contributed by atoms with E-state index < -0.39 is 11.6 Å². The Labute approximate surface area is 150 Å². The third-order valence-corrected chi connectivity index (χ3v) is 4.64. The average Bonchev–Trinajstić information content (AvgIpc) is 2.66. The zero-order chi connectivity index (χ0) is 18.5. The van der Waals surface area contributed by atoms with Gasteiger partial charge in [-0.2, -0.15) is 0 Å². The lowest BCUT2D eigenvalue weighted by atomic mass is 9.96. The molecule has 0 saturated carbocycles. The predicted molar refractivity (Wildman–Crippen MR) is 93.8 cm³/mol. The number of hydrogen-bond donors (Lipinski definition) is 1. The predicted octanol–water partition coefficient (Wildman–Crippen LogP) is 3.25. The van der Waals surface area contributed by atoms with E-state index in [-0.39, 0.29) is 28.9 Å². The van der Waals surface area contributed by atoms with Crippen molar-refractivity contribution >= 4 is 11.8 Å². The van der Waals surface area contributed by atoms with Crippen LogP contribution in [0.25, 0.3) is 0 Å². The fourth-order valence-electron chi connectivity index (χ4n) is 3.11. The lowest BCUT2D eigenvalue weighted by Gasteiger charge is -2.32. The third kappa shape index (κ3) is 4.25. The van der Waals surface area contributed by atoms with E-state index in [1.54, 1.807) is 23.1 Å². The van der Waals surface area contributed by atoms with Crippen LogP contribution in [0.4, 0.5) is 8.78 Å². The summed E-state index contributed by atoms with van der Waals surface area (Å²) in [5.74, 6) is -1.34. The SMILES string of the molecule is O=C(NCC1CCN(C(=O)c2ccccc2F)CC1)c1cccc(F)c1. The molecule has 0 bridgehead atoms. The van der Waals surface area contributed by atoms with Gasteiger partial charge in [-0.3, -0.25) is 9.59 Å². The smallest absolute Gasteiger partial charge is 0.256 e. The van der Waals surface area contributed by atoms with Crippen molar-refractivity contribution in [1.82, 2.24) is 10.2 Å². The van der Waals surface area contributed by atoms with Crippen LogP contribution >= 0.6 is 0 Å². The molecule has 0 aromatic heterocycles. The van der Waals surface area contributed by atoms with Gasteiger partial charge in [-0.05, 0) is 49.1 Å². The molecule has 0 atom stereocenters. The van der Waals surface area contributed by atoms with Gasteiger partial charge in [0.2, 0.25) is 0 Å². The highest BCUT2D eigenvalue weighted by atomic mass is 19.1. The van der Waals surface area contributed by atoms with Gasteiger partial charge < -0.3 is 10.2 Å². The van der Waals surface area contributed by atoms with Gasteiger partial charge in [0.25, 0.3) is 11.8 Å². The van der Waals surface area contributed by atoms with Gasteiger partial charge in [0.05, 0.1) is 5.56 Å². The number of rotatable bonds is 4. The molecule has 1 N–H and O–H groups in total. The number of amides is 2. The van der Waals surface area contributed by atoms with Crippen LogP contribution in [0.15, 0.2) is 48.5 Å². The monoisotopic (exact) mass is 358 g/mol. The number of benzene rings is 2. The highest BCUT2D eigenvalue weighted by Gasteiger charge is 2.25. The molecule has 4 nitrogen and oxygen atoms in total. The first-order valence-electron chi connectivity index (χ1n) is 8.62. The number of halogens is 2. The largest absolute Gasteiger partial charge is 0.352 e. The van der Waals surface area contributed by atoms with Crippen molar-refractivity contribution in [2.24, 2.45) is 5.92 Å². The molecule has 26 heavy (non-hydrogen) atoms. The minimum Gasteiger partial charge on any atom is -0.352 e. The fourth-order valence-corrected chi connectivity index (χ4v) is 3.11. The molecule has 0 radical (unpaired) electrons. The van der Waals surface area contributed by atoms with E-state index >= 15 is 0 Å². The summed E-state index contributed by atoms with van der Waals surface area (Å²) in [7, 11) is 0. The Bertz CT molecular complexity index is 802. The van der Waals surface area contributed by atoms with E-state index in [0.717, 1.165) is 12.8 Å². The summed E-state index contributed by atoms with van der Waals surface area (Å²) in [5.41, 5.74) is 0.377. The van der Waals surface area contributed by atoms with Gasteiger partial charge in [0.15, 0.2) is 0 Å². The molecule has 1 aliphatic heterocycles. The van der Waals surface area contributed by atoms with Gasteiger partial charge in [-0.25, -0.2) is 8.78 Å². The number of carbonyl (C=O) groups is 2. The van der Waals surface area contributed by atoms with Crippen LogP contribution in [0.3, 0.4) is 0 Å². The molecular weight excluding hydrogens is 338 g/mol. The van der Waals surface area contributed by atoms with Crippen LogP contribution in [-0.2, 0) is 0 Å². The van der Waals surface area contributed by atoms with E-state index in [0.29, 0.717) is 19.6 Å². The molecule has 0 aliphatic carbocycles. The zero-order valence-corrected chi connectivity index (χ0v) is 14.3. The third-order valence-electron chi connectivity index (χ3n) is 4.64. The molecule has 2 aromatic rings. The molecule has 6 heteroatoms. The van der Waals surface area contributed by atoms with Crippen molar-refractivity contribution in [2.45, 2.75) is 12.8 Å². The van der Waals surface area contributed by atoms with E-state index in [1.807, 2.05) is 0 Å². The van der Waals surface area contributed by atoms with Crippen LogP contribution < -0.4 is 5.32 Å². The molecule has 0 spiro atoms. The summed E-state index contributed by atoms with van der Waals surface area (Å²) in [6.07, 6.45) is 1.45. The summed E-state index contributed by atoms with van der Waals surface area (Å²) in [4.78, 5) is 26.1. The molecule has 2 amide bonds. The maximum atomic E-state index is 13.7. The zero-order valence-electron chi connectivity index (χ0n) is 14.3. The molecule has 0 unspecified atom stereocenters. The number of nitrogens with zero attached hydrogens (tertiary/aromatic N) is 1. The maximum absolute atomic E-state index is 13.7. The van der Waals surface area contributed by atoms with Crippen LogP contribution in [0, 0.1) is 17.6 Å². The molecule has 136 valence electrons. The summed E-state index contributed by atoms with van der Waals surface area (Å²) in [6, 6.07) is 11.5. The average molecular weight is 358 g/mol. The van der Waals surface area contributed by atoms with Crippen molar-refractivity contribution in [3.05, 3.63) is 71.3 Å². The molecule has 1 saturated heterocycles. The summed E-state index contributed by atoms with van der Waals surface area (Å²) in [5, 5.41) is 2.81. The first-order chi connectivity index (χ1) is 12.5. The minimum atomic E-state index is -0.512. The molecular formula is C20H20F2N2O2. The maximum Gasteiger partial charge on any atom is 0.256 e. The summed E-state index contributed by atoms with van der Waals surface area (Å²) in [6.45, 7) is 1.51. The second-order valence-corrected chi connectivity index (χ2v) is 6.44. The first kappa shape index (κ1) is 18.0. The lowest BCUT2D eigenvalue weighted by Crippen LogP contribution is -2.41. The number of carbonyl (C=O) groups excluding carboxylic acids is 2. The second-order valence-electron chi connectivity index (χ2n) is 6.44. The van der Waals surface area contributed by atoms with Crippen LogP contribution in [-0.4, -0.2) is 36.3 Å². The van der Waals surface area contributed by atoms with Crippen molar-refractivity contribution in [3.63, 3.8) is 0 Å². The van der Waals surface area contributed by atoms with Crippen molar-refractivity contribution in [2.75, 3.05) is 19.6 Å². The van der Waals surface area contributed by atoms with E-state index in [4.69, 9.17) is 0 Å². The topological polar surface area (TPSA) is 49.4 Å². The summed E-state index contributed by atoms with van der Waals surface area (Å²) >= 11 is 0. The Hall–Kier alpha value is -2.76. The molecule has 2 aromatic carbocycles. The molecule has 1 fully saturated rings. The minimum absolute atomic E-state index is 0.0883. The quantitative estimate of drug-likeness (QED) is 0.912. The van der Waals surface area contributed by atoms with Gasteiger partial charge in [0, 0.05) is 25.2 Å². The standard InChI is InChI=1S/C20H20F2N2O2/c21-16-5-3-4-15(12-16)19(25)23-13-14-8-10-24(11-9-14)20(26)17-6-1-2-7-18(17)22/h1-7,12,14H,8-11,13H2,(H,23,25). The Morgan fingerprint density at radius 2 is 1.77 bits per heavy atom. The normalized spacial score (nSPS) is 14.9. The number of nitrogens with one attached hydrogen (secondary N) is 1. The van der Waals surface area contributed by atoms with E-state index in [9.17, 15) is 18.4 Å². The Kier molecular flexibility index (Phi) is 5.61. The van der Waals surface area contributed by atoms with Gasteiger partial charge in [0.1, 0.15) is 11.6 Å². The van der Waals surface area contributed by atoms with E-state index in [1.165, 1.54) is 30.3 Å². The van der Waals surface area contributed by atoms with Crippen molar-refractivity contribution in [1.29, 1.82) is 0 Å². The van der Waals surface area contributed by atoms with Crippen LogP contribution in [0.1, 0.15) is 33.6 Å². The highest BCUT2D eigenvalue weighted by molar-refractivity contribution is 5.95. The van der Waals surface area contributed by atoms with Gasteiger partial charge in [-0.1, -0.05) is 18.2 Å². The van der Waals surface area contributed by atoms with Crippen molar-refractivity contribution < 1.29 is 18.4 Å². The second kappa shape index (κ2) is 8.08. The van der Waals surface area contributed by atoms with E-state index in [2.05, 4.69) is 5.32 Å². The molecule has 1 aliphatic rings. The van der Waals surface area contributed by atoms with Gasteiger partial charge >= 0.3 is 0 Å². The lowest BCUT2D eigenvalue weighted by molar-refractivity contribution is 0.0679. The van der Waals surface area contributed by atoms with Gasteiger partial charge in [-0.15, -0.1) is 0 Å². The summed E-state index contributed by atoms with van der Waals surface area (Å²) < 4.78 is 26.9. The molecule has 3 rings (SSSR count). The Morgan fingerprint density at radius 1 is 1.04 bits per heavy atom. The van der Waals surface area contributed by atoms with Crippen molar-refractivity contribution in [3.8, 4) is 0 Å². The molecule has 1 heterocycles. The number of piperidine rings is 1. The first-order valence-corrected chi connectivity index (χ1v) is 8.62. The fraction of sp³-hybridized carbons (Fsp3) is 0.300. The number of hydrogen-bond acceptors (Lipinski definition) is 2. The Morgan fingerprint density at radius 3 is 2.46 bits per heavy atom. The number of likely N-dealkylation sites (tertiary alicyclic amines) is 1. The Balaban J connectivity index is 1.49.